The predicted octanol–water partition coefficient (Wildman–Crippen LogP) is 3.94. The number of fused-ring (bicyclic) bond motifs is 1. The van der Waals surface area contributed by atoms with Crippen molar-refractivity contribution in [2.75, 3.05) is 12.4 Å². The molecule has 0 aliphatic rings. The number of halogens is 1. The number of benzene rings is 1. The van der Waals surface area contributed by atoms with Gasteiger partial charge in [-0.05, 0) is 18.2 Å². The summed E-state index contributed by atoms with van der Waals surface area (Å²) in [6.45, 7) is 0. The fourth-order valence-electron chi connectivity index (χ4n) is 1.63. The molecule has 0 fully saturated rings. The standard InChI is InChI=1S/C12H8ClN3O2S2/c1-18-11(17)9-10(13)16-12(20-9)15-6-2-3-7-8(4-6)19-5-14-7/h2-5H,1H3,(H,15,16). The molecule has 0 radical (unpaired) electrons. The summed E-state index contributed by atoms with van der Waals surface area (Å²) in [5.74, 6) is -0.488. The van der Waals surface area contributed by atoms with Gasteiger partial charge in [-0.3, -0.25) is 0 Å². The Bertz CT molecular complexity index is 784. The van der Waals surface area contributed by atoms with Gasteiger partial charge in [0.05, 0.1) is 22.8 Å². The van der Waals surface area contributed by atoms with Crippen LogP contribution in [0.15, 0.2) is 23.7 Å². The number of hydrogen-bond donors (Lipinski definition) is 1. The number of aromatic nitrogens is 2. The maximum absolute atomic E-state index is 11.5. The van der Waals surface area contributed by atoms with Crippen molar-refractivity contribution in [1.29, 1.82) is 0 Å². The number of thiazole rings is 2. The Kier molecular flexibility index (Phi) is 3.56. The Hall–Kier alpha value is -1.70. The number of carbonyl (C=O) groups excluding carboxylic acids is 1. The molecule has 0 saturated heterocycles. The molecule has 3 rings (SSSR count). The minimum Gasteiger partial charge on any atom is -0.465 e. The van der Waals surface area contributed by atoms with E-state index in [2.05, 4.69) is 20.0 Å². The minimum absolute atomic E-state index is 0.142. The van der Waals surface area contributed by atoms with Gasteiger partial charge in [0.15, 0.2) is 15.2 Å². The third-order valence-corrected chi connectivity index (χ3v) is 4.67. The molecule has 102 valence electrons. The zero-order chi connectivity index (χ0) is 14.1. The first-order valence-electron chi connectivity index (χ1n) is 5.52. The number of esters is 1. The highest BCUT2D eigenvalue weighted by molar-refractivity contribution is 7.18. The summed E-state index contributed by atoms with van der Waals surface area (Å²) >= 11 is 8.63. The van der Waals surface area contributed by atoms with E-state index in [1.807, 2.05) is 18.2 Å². The van der Waals surface area contributed by atoms with Crippen LogP contribution in [0.3, 0.4) is 0 Å². The Labute approximate surface area is 127 Å². The van der Waals surface area contributed by atoms with E-state index in [4.69, 9.17) is 11.6 Å². The SMILES string of the molecule is COC(=O)c1sc(Nc2ccc3ncsc3c2)nc1Cl. The van der Waals surface area contributed by atoms with Crippen LogP contribution in [0, 0.1) is 0 Å². The molecule has 0 spiro atoms. The first-order valence-corrected chi connectivity index (χ1v) is 7.59. The van der Waals surface area contributed by atoms with Gasteiger partial charge in [-0.25, -0.2) is 14.8 Å². The topological polar surface area (TPSA) is 64.1 Å². The Morgan fingerprint density at radius 3 is 3.10 bits per heavy atom. The summed E-state index contributed by atoms with van der Waals surface area (Å²) in [7, 11) is 1.31. The van der Waals surface area contributed by atoms with Crippen LogP contribution in [0.2, 0.25) is 5.15 Å². The second kappa shape index (κ2) is 5.35. The van der Waals surface area contributed by atoms with Crippen LogP contribution >= 0.6 is 34.3 Å². The van der Waals surface area contributed by atoms with Gasteiger partial charge >= 0.3 is 5.97 Å². The molecule has 0 aliphatic carbocycles. The van der Waals surface area contributed by atoms with Crippen molar-refractivity contribution in [3.63, 3.8) is 0 Å². The molecule has 0 unspecified atom stereocenters. The minimum atomic E-state index is -0.488. The van der Waals surface area contributed by atoms with Crippen molar-refractivity contribution < 1.29 is 9.53 Å². The van der Waals surface area contributed by atoms with Crippen LogP contribution in [0.5, 0.6) is 0 Å². The molecule has 5 nitrogen and oxygen atoms in total. The van der Waals surface area contributed by atoms with Crippen molar-refractivity contribution in [2.45, 2.75) is 0 Å². The summed E-state index contributed by atoms with van der Waals surface area (Å²) in [6, 6.07) is 5.79. The summed E-state index contributed by atoms with van der Waals surface area (Å²) in [5.41, 5.74) is 3.61. The molecule has 0 atom stereocenters. The number of nitrogens with zero attached hydrogens (tertiary/aromatic N) is 2. The van der Waals surface area contributed by atoms with Crippen molar-refractivity contribution in [1.82, 2.24) is 9.97 Å². The molecular weight excluding hydrogens is 318 g/mol. The van der Waals surface area contributed by atoms with Crippen LogP contribution in [0.4, 0.5) is 10.8 Å². The lowest BCUT2D eigenvalue weighted by atomic mass is 10.3. The second-order valence-corrected chi connectivity index (χ2v) is 6.03. The normalized spacial score (nSPS) is 10.7. The first-order chi connectivity index (χ1) is 9.67. The van der Waals surface area contributed by atoms with Gasteiger partial charge in [-0.15, -0.1) is 11.3 Å². The Morgan fingerprint density at radius 2 is 2.30 bits per heavy atom. The molecule has 0 amide bonds. The Balaban J connectivity index is 1.88. The molecule has 1 N–H and O–H groups in total. The molecule has 0 aliphatic heterocycles. The van der Waals surface area contributed by atoms with Gasteiger partial charge in [0.25, 0.3) is 0 Å². The maximum atomic E-state index is 11.5. The predicted molar refractivity (Wildman–Crippen MR) is 81.4 cm³/mol. The number of anilines is 2. The van der Waals surface area contributed by atoms with Gasteiger partial charge in [0.2, 0.25) is 0 Å². The maximum Gasteiger partial charge on any atom is 0.351 e. The molecule has 2 heterocycles. The highest BCUT2D eigenvalue weighted by Gasteiger charge is 2.17. The molecule has 8 heteroatoms. The van der Waals surface area contributed by atoms with E-state index in [0.29, 0.717) is 5.13 Å². The molecule has 2 aromatic heterocycles. The van der Waals surface area contributed by atoms with E-state index in [9.17, 15) is 4.79 Å². The summed E-state index contributed by atoms with van der Waals surface area (Å²) in [6.07, 6.45) is 0. The van der Waals surface area contributed by atoms with Crippen LogP contribution in [-0.4, -0.2) is 23.0 Å². The highest BCUT2D eigenvalue weighted by Crippen LogP contribution is 2.31. The van der Waals surface area contributed by atoms with E-state index < -0.39 is 5.97 Å². The number of nitrogens with one attached hydrogen (secondary N) is 1. The lowest BCUT2D eigenvalue weighted by Gasteiger charge is -2.01. The lowest BCUT2D eigenvalue weighted by Crippen LogP contribution is -1.98. The van der Waals surface area contributed by atoms with Gasteiger partial charge in [-0.1, -0.05) is 22.9 Å². The van der Waals surface area contributed by atoms with Gasteiger partial charge in [0, 0.05) is 5.69 Å². The van der Waals surface area contributed by atoms with Crippen molar-refractivity contribution in [3.05, 3.63) is 33.7 Å². The zero-order valence-electron chi connectivity index (χ0n) is 10.2. The number of rotatable bonds is 3. The smallest absolute Gasteiger partial charge is 0.351 e. The van der Waals surface area contributed by atoms with Gasteiger partial charge in [-0.2, -0.15) is 0 Å². The third kappa shape index (κ3) is 2.47. The molecule has 0 saturated carbocycles. The quantitative estimate of drug-likeness (QED) is 0.739. The molecule has 20 heavy (non-hydrogen) atoms. The van der Waals surface area contributed by atoms with Crippen LogP contribution in [0.25, 0.3) is 10.2 Å². The van der Waals surface area contributed by atoms with E-state index in [1.165, 1.54) is 7.11 Å². The van der Waals surface area contributed by atoms with Crippen LogP contribution in [0.1, 0.15) is 9.67 Å². The summed E-state index contributed by atoms with van der Waals surface area (Å²) in [4.78, 5) is 20.1. The average molecular weight is 326 g/mol. The molecular formula is C12H8ClN3O2S2. The lowest BCUT2D eigenvalue weighted by molar-refractivity contribution is 0.0606. The summed E-state index contributed by atoms with van der Waals surface area (Å²) < 4.78 is 5.72. The molecule has 0 bridgehead atoms. The van der Waals surface area contributed by atoms with Crippen molar-refractivity contribution >= 4 is 61.3 Å². The van der Waals surface area contributed by atoms with E-state index >= 15 is 0 Å². The zero-order valence-corrected chi connectivity index (χ0v) is 12.6. The van der Waals surface area contributed by atoms with Crippen molar-refractivity contribution in [3.8, 4) is 0 Å². The monoisotopic (exact) mass is 325 g/mol. The largest absolute Gasteiger partial charge is 0.465 e. The Morgan fingerprint density at radius 1 is 1.45 bits per heavy atom. The molecule has 3 aromatic rings. The van der Waals surface area contributed by atoms with Gasteiger partial charge in [0.1, 0.15) is 0 Å². The van der Waals surface area contributed by atoms with Crippen LogP contribution in [-0.2, 0) is 4.74 Å². The second-order valence-electron chi connectivity index (χ2n) is 3.79. The fraction of sp³-hybridized carbons (Fsp3) is 0.0833. The van der Waals surface area contributed by atoms with E-state index in [0.717, 1.165) is 27.2 Å². The van der Waals surface area contributed by atoms with E-state index in [-0.39, 0.29) is 10.0 Å². The number of ether oxygens (including phenoxy) is 1. The number of hydrogen-bond acceptors (Lipinski definition) is 7. The first kappa shape index (κ1) is 13.3. The van der Waals surface area contributed by atoms with E-state index in [1.54, 1.807) is 16.8 Å². The highest BCUT2D eigenvalue weighted by atomic mass is 35.5. The molecule has 1 aromatic carbocycles. The number of methoxy groups -OCH3 is 1. The van der Waals surface area contributed by atoms with Crippen molar-refractivity contribution in [2.24, 2.45) is 0 Å². The third-order valence-electron chi connectivity index (χ3n) is 2.54. The average Bonchev–Trinajstić information content (AvgIpc) is 3.04. The number of carbonyl (C=O) groups is 1. The van der Waals surface area contributed by atoms with Gasteiger partial charge < -0.3 is 10.1 Å². The summed E-state index contributed by atoms with van der Waals surface area (Å²) in [5, 5.41) is 3.80. The fourth-order valence-corrected chi connectivity index (χ4v) is 3.47. The van der Waals surface area contributed by atoms with Crippen LogP contribution < -0.4 is 5.32 Å².